The molecule has 1 aliphatic rings. The maximum Gasteiger partial charge on any atom is 0.313 e. The number of ether oxygens (including phenoxy) is 1. The number of aryl methyl sites for hydroxylation is 1. The van der Waals surface area contributed by atoms with Crippen LogP contribution >= 0.6 is 11.6 Å². The van der Waals surface area contributed by atoms with E-state index in [0.29, 0.717) is 10.8 Å². The third-order valence-corrected chi connectivity index (χ3v) is 3.59. The van der Waals surface area contributed by atoms with E-state index in [1.54, 1.807) is 0 Å². The van der Waals surface area contributed by atoms with Crippen LogP contribution in [0.2, 0.25) is 5.02 Å². The topological polar surface area (TPSA) is 38.3 Å². The third kappa shape index (κ3) is 2.63. The smallest absolute Gasteiger partial charge is 0.313 e. The second-order valence-electron chi connectivity index (χ2n) is 4.93. The zero-order valence-electron chi connectivity index (χ0n) is 11.0. The monoisotopic (exact) mass is 287 g/mol. The van der Waals surface area contributed by atoms with Crippen molar-refractivity contribution in [3.05, 3.63) is 58.6 Å². The Labute approximate surface area is 122 Å². The lowest BCUT2D eigenvalue weighted by Crippen LogP contribution is -2.14. The lowest BCUT2D eigenvalue weighted by Gasteiger charge is -2.16. The second-order valence-corrected chi connectivity index (χ2v) is 5.36. The number of nitrogens with one attached hydrogen (secondary N) is 1. The van der Waals surface area contributed by atoms with E-state index in [9.17, 15) is 4.79 Å². The Balaban J connectivity index is 1.96. The number of halogens is 1. The number of fused-ring (bicyclic) bond motifs is 1. The van der Waals surface area contributed by atoms with Gasteiger partial charge in [0.2, 0.25) is 0 Å². The molecule has 2 aromatic rings. The summed E-state index contributed by atoms with van der Waals surface area (Å²) in [5.74, 6) is 0.355. The fourth-order valence-corrected chi connectivity index (χ4v) is 2.43. The Morgan fingerprint density at radius 1 is 1.20 bits per heavy atom. The number of esters is 1. The molecule has 0 radical (unpaired) electrons. The summed E-state index contributed by atoms with van der Waals surface area (Å²) >= 11 is 5.90. The highest BCUT2D eigenvalue weighted by atomic mass is 35.5. The highest BCUT2D eigenvalue weighted by Gasteiger charge is 2.23. The van der Waals surface area contributed by atoms with Crippen LogP contribution < -0.4 is 10.1 Å². The minimum absolute atomic E-state index is 0.108. The Hall–Kier alpha value is -2.00. The van der Waals surface area contributed by atoms with Crippen molar-refractivity contribution in [2.45, 2.75) is 19.4 Å². The summed E-state index contributed by atoms with van der Waals surface area (Å²) in [6.45, 7) is 1.97. The van der Waals surface area contributed by atoms with Crippen molar-refractivity contribution >= 4 is 23.3 Å². The number of carbonyl (C=O) groups is 1. The van der Waals surface area contributed by atoms with Crippen LogP contribution in [0.15, 0.2) is 42.5 Å². The fourth-order valence-electron chi connectivity index (χ4n) is 2.30. The minimum atomic E-state index is -0.234. The molecule has 0 aromatic heterocycles. The molecule has 4 heteroatoms. The van der Waals surface area contributed by atoms with E-state index >= 15 is 0 Å². The molecule has 1 N–H and O–H groups in total. The van der Waals surface area contributed by atoms with Crippen LogP contribution in [0.5, 0.6) is 5.75 Å². The first-order valence-electron chi connectivity index (χ1n) is 6.45. The van der Waals surface area contributed by atoms with Gasteiger partial charge in [0.05, 0.1) is 18.2 Å². The molecule has 1 unspecified atom stereocenters. The first-order chi connectivity index (χ1) is 9.61. The summed E-state index contributed by atoms with van der Waals surface area (Å²) in [6, 6.07) is 13.2. The van der Waals surface area contributed by atoms with E-state index in [4.69, 9.17) is 16.3 Å². The summed E-state index contributed by atoms with van der Waals surface area (Å²) in [5.41, 5.74) is 2.91. The van der Waals surface area contributed by atoms with Crippen LogP contribution in [0.1, 0.15) is 23.6 Å². The van der Waals surface area contributed by atoms with Gasteiger partial charge in [-0.2, -0.15) is 0 Å². The molecule has 1 heterocycles. The molecule has 0 spiro atoms. The number of rotatable bonds is 1. The molecule has 102 valence electrons. The van der Waals surface area contributed by atoms with Gasteiger partial charge in [0.15, 0.2) is 5.75 Å². The van der Waals surface area contributed by atoms with Gasteiger partial charge in [-0.05, 0) is 42.3 Å². The summed E-state index contributed by atoms with van der Waals surface area (Å²) in [4.78, 5) is 11.9. The van der Waals surface area contributed by atoms with Gasteiger partial charge in [-0.3, -0.25) is 4.79 Å². The maximum atomic E-state index is 11.9. The predicted octanol–water partition coefficient (Wildman–Crippen LogP) is 4.11. The summed E-state index contributed by atoms with van der Waals surface area (Å²) in [5, 5.41) is 4.05. The Bertz CT molecular complexity index is 652. The molecule has 0 bridgehead atoms. The molecule has 0 fully saturated rings. The van der Waals surface area contributed by atoms with Crippen molar-refractivity contribution in [3.8, 4) is 5.75 Å². The Morgan fingerprint density at radius 2 is 1.95 bits per heavy atom. The van der Waals surface area contributed by atoms with E-state index in [1.165, 1.54) is 0 Å². The SMILES string of the molecule is Cc1ccc2c(c1)OC(=O)CC(c1ccc(Cl)cc1)N2. The van der Waals surface area contributed by atoms with E-state index in [0.717, 1.165) is 16.8 Å². The van der Waals surface area contributed by atoms with Crippen molar-refractivity contribution in [1.82, 2.24) is 0 Å². The molecule has 0 amide bonds. The van der Waals surface area contributed by atoms with Gasteiger partial charge in [-0.25, -0.2) is 0 Å². The second kappa shape index (κ2) is 5.17. The highest BCUT2D eigenvalue weighted by Crippen LogP contribution is 2.34. The van der Waals surface area contributed by atoms with Crippen LogP contribution in [0.3, 0.4) is 0 Å². The van der Waals surface area contributed by atoms with Gasteiger partial charge in [-0.15, -0.1) is 0 Å². The van der Waals surface area contributed by atoms with Crippen molar-refractivity contribution in [2.75, 3.05) is 5.32 Å². The molecule has 0 aliphatic carbocycles. The molecule has 1 aliphatic heterocycles. The van der Waals surface area contributed by atoms with Crippen LogP contribution in [0.25, 0.3) is 0 Å². The van der Waals surface area contributed by atoms with Crippen LogP contribution in [0.4, 0.5) is 5.69 Å². The average Bonchev–Trinajstić information content (AvgIpc) is 2.57. The van der Waals surface area contributed by atoms with Gasteiger partial charge >= 0.3 is 5.97 Å². The number of anilines is 1. The highest BCUT2D eigenvalue weighted by molar-refractivity contribution is 6.30. The summed E-state index contributed by atoms with van der Waals surface area (Å²) in [6.07, 6.45) is 0.287. The van der Waals surface area contributed by atoms with Crippen LogP contribution in [0, 0.1) is 6.92 Å². The number of carbonyl (C=O) groups excluding carboxylic acids is 1. The largest absolute Gasteiger partial charge is 0.424 e. The number of hydrogen-bond donors (Lipinski definition) is 1. The van der Waals surface area contributed by atoms with Gasteiger partial charge in [0.25, 0.3) is 0 Å². The first-order valence-corrected chi connectivity index (χ1v) is 6.83. The molecule has 1 atom stereocenters. The third-order valence-electron chi connectivity index (χ3n) is 3.33. The molecule has 3 rings (SSSR count). The van der Waals surface area contributed by atoms with E-state index < -0.39 is 0 Å². The normalized spacial score (nSPS) is 17.7. The average molecular weight is 288 g/mol. The molecular weight excluding hydrogens is 274 g/mol. The number of hydrogen-bond acceptors (Lipinski definition) is 3. The van der Waals surface area contributed by atoms with E-state index in [-0.39, 0.29) is 18.4 Å². The minimum Gasteiger partial charge on any atom is -0.424 e. The summed E-state index contributed by atoms with van der Waals surface area (Å²) in [7, 11) is 0. The maximum absolute atomic E-state index is 11.9. The van der Waals surface area contributed by atoms with Gasteiger partial charge in [0.1, 0.15) is 0 Å². The van der Waals surface area contributed by atoms with Crippen LogP contribution in [-0.4, -0.2) is 5.97 Å². The van der Waals surface area contributed by atoms with Crippen molar-refractivity contribution in [1.29, 1.82) is 0 Å². The van der Waals surface area contributed by atoms with Crippen LogP contribution in [-0.2, 0) is 4.79 Å². The number of benzene rings is 2. The predicted molar refractivity (Wildman–Crippen MR) is 79.2 cm³/mol. The fraction of sp³-hybridized carbons (Fsp3) is 0.188. The van der Waals surface area contributed by atoms with Crippen molar-refractivity contribution in [3.63, 3.8) is 0 Å². The lowest BCUT2D eigenvalue weighted by molar-refractivity contribution is -0.134. The zero-order valence-corrected chi connectivity index (χ0v) is 11.8. The molecule has 0 saturated carbocycles. The molecule has 0 saturated heterocycles. The standard InChI is InChI=1S/C16H14ClNO2/c1-10-2-7-13-15(8-10)20-16(19)9-14(18-13)11-3-5-12(17)6-4-11/h2-8,14,18H,9H2,1H3. The van der Waals surface area contributed by atoms with Gasteiger partial charge in [-0.1, -0.05) is 29.8 Å². The van der Waals surface area contributed by atoms with Crippen molar-refractivity contribution in [2.24, 2.45) is 0 Å². The van der Waals surface area contributed by atoms with Crippen molar-refractivity contribution < 1.29 is 9.53 Å². The Kier molecular flexibility index (Phi) is 3.36. The van der Waals surface area contributed by atoms with Gasteiger partial charge < -0.3 is 10.1 Å². The van der Waals surface area contributed by atoms with E-state index in [1.807, 2.05) is 49.4 Å². The summed E-state index contributed by atoms with van der Waals surface area (Å²) < 4.78 is 5.39. The molecule has 20 heavy (non-hydrogen) atoms. The first kappa shape index (κ1) is 13.0. The molecule has 2 aromatic carbocycles. The zero-order chi connectivity index (χ0) is 14.1. The molecular formula is C16H14ClNO2. The van der Waals surface area contributed by atoms with E-state index in [2.05, 4.69) is 5.32 Å². The quantitative estimate of drug-likeness (QED) is 0.633. The van der Waals surface area contributed by atoms with Gasteiger partial charge in [0, 0.05) is 5.02 Å². The lowest BCUT2D eigenvalue weighted by atomic mass is 10.0. The molecule has 3 nitrogen and oxygen atoms in total. The Morgan fingerprint density at radius 3 is 2.70 bits per heavy atom.